The highest BCUT2D eigenvalue weighted by atomic mass is 35.5. The molecule has 0 radical (unpaired) electrons. The third-order valence-corrected chi connectivity index (χ3v) is 5.62. The molecule has 0 amide bonds. The van der Waals surface area contributed by atoms with Gasteiger partial charge in [-0.15, -0.1) is 0 Å². The second-order valence-electron chi connectivity index (χ2n) is 5.88. The minimum Gasteiger partial charge on any atom is -0.398 e. The van der Waals surface area contributed by atoms with Gasteiger partial charge in [-0.1, -0.05) is 31.5 Å². The van der Waals surface area contributed by atoms with E-state index in [0.29, 0.717) is 0 Å². The van der Waals surface area contributed by atoms with Crippen molar-refractivity contribution in [1.82, 2.24) is 4.72 Å². The van der Waals surface area contributed by atoms with Crippen LogP contribution in [0, 0.1) is 5.41 Å². The molecule has 0 heterocycles. The Labute approximate surface area is 119 Å². The number of anilines is 1. The van der Waals surface area contributed by atoms with Crippen molar-refractivity contribution in [2.75, 3.05) is 5.73 Å². The highest BCUT2D eigenvalue weighted by molar-refractivity contribution is 7.89. The van der Waals surface area contributed by atoms with E-state index in [4.69, 9.17) is 17.3 Å². The van der Waals surface area contributed by atoms with E-state index in [1.54, 1.807) is 12.1 Å². The van der Waals surface area contributed by atoms with Crippen LogP contribution < -0.4 is 10.5 Å². The minimum absolute atomic E-state index is 0.0126. The second-order valence-corrected chi connectivity index (χ2v) is 7.94. The molecule has 0 spiro atoms. The predicted molar refractivity (Wildman–Crippen MR) is 77.6 cm³/mol. The number of nitrogens with one attached hydrogen (secondary N) is 1. The number of halogens is 1. The molecule has 1 unspecified atom stereocenters. The van der Waals surface area contributed by atoms with E-state index >= 15 is 0 Å². The van der Waals surface area contributed by atoms with Crippen LogP contribution in [0.25, 0.3) is 0 Å². The molecule has 1 saturated carbocycles. The summed E-state index contributed by atoms with van der Waals surface area (Å²) in [5.41, 5.74) is 6.09. The summed E-state index contributed by atoms with van der Waals surface area (Å²) in [7, 11) is -3.66. The molecule has 0 saturated heterocycles. The second kappa shape index (κ2) is 4.96. The molecule has 1 aliphatic rings. The highest BCUT2D eigenvalue weighted by Crippen LogP contribution is 2.38. The molecule has 1 aromatic rings. The van der Waals surface area contributed by atoms with Crippen molar-refractivity contribution in [1.29, 1.82) is 0 Å². The van der Waals surface area contributed by atoms with E-state index in [9.17, 15) is 8.42 Å². The van der Waals surface area contributed by atoms with Gasteiger partial charge in [-0.25, -0.2) is 13.1 Å². The van der Waals surface area contributed by atoms with Gasteiger partial charge in [-0.05, 0) is 36.8 Å². The smallest absolute Gasteiger partial charge is 0.244 e. The van der Waals surface area contributed by atoms with Gasteiger partial charge in [0.1, 0.15) is 4.90 Å². The lowest BCUT2D eigenvalue weighted by Crippen LogP contribution is -2.34. The van der Waals surface area contributed by atoms with E-state index in [0.717, 1.165) is 19.3 Å². The molecule has 0 aliphatic heterocycles. The summed E-state index contributed by atoms with van der Waals surface area (Å²) < 4.78 is 27.4. The van der Waals surface area contributed by atoms with E-state index in [1.165, 1.54) is 6.07 Å². The third-order valence-electron chi connectivity index (χ3n) is 3.56. The number of nitrogen functional groups attached to an aromatic ring is 1. The maximum Gasteiger partial charge on any atom is 0.244 e. The Balaban J connectivity index is 2.25. The molecule has 2 rings (SSSR count). The monoisotopic (exact) mass is 302 g/mol. The van der Waals surface area contributed by atoms with Crippen molar-refractivity contribution < 1.29 is 8.42 Å². The third kappa shape index (κ3) is 3.22. The van der Waals surface area contributed by atoms with Crippen molar-refractivity contribution in [2.24, 2.45) is 5.41 Å². The average molecular weight is 303 g/mol. The van der Waals surface area contributed by atoms with Crippen molar-refractivity contribution >= 4 is 27.3 Å². The minimum atomic E-state index is -3.66. The summed E-state index contributed by atoms with van der Waals surface area (Å²) >= 11 is 5.96. The summed E-state index contributed by atoms with van der Waals surface area (Å²) in [6.45, 7) is 4.29. The zero-order valence-corrected chi connectivity index (χ0v) is 12.7. The van der Waals surface area contributed by atoms with E-state index in [-0.39, 0.29) is 27.1 Å². The molecule has 0 bridgehead atoms. The lowest BCUT2D eigenvalue weighted by Gasteiger charge is -2.18. The Morgan fingerprint density at radius 1 is 1.42 bits per heavy atom. The summed E-state index contributed by atoms with van der Waals surface area (Å²) in [5, 5.41) is 0.157. The fraction of sp³-hybridized carbons (Fsp3) is 0.538. The highest BCUT2D eigenvalue weighted by Gasteiger charge is 2.34. The number of rotatable bonds is 3. The molecule has 0 aromatic heterocycles. The van der Waals surface area contributed by atoms with Gasteiger partial charge in [0.15, 0.2) is 0 Å². The average Bonchev–Trinajstić information content (AvgIpc) is 2.56. The van der Waals surface area contributed by atoms with Crippen LogP contribution in [0.2, 0.25) is 5.02 Å². The summed E-state index contributed by atoms with van der Waals surface area (Å²) in [4.78, 5) is -0.0126. The Hall–Kier alpha value is -0.780. The van der Waals surface area contributed by atoms with Crippen LogP contribution in [0.1, 0.15) is 33.1 Å². The largest absolute Gasteiger partial charge is 0.398 e. The van der Waals surface area contributed by atoms with E-state index in [1.807, 2.05) is 0 Å². The van der Waals surface area contributed by atoms with Gasteiger partial charge >= 0.3 is 0 Å². The van der Waals surface area contributed by atoms with Crippen molar-refractivity contribution in [3.63, 3.8) is 0 Å². The maximum absolute atomic E-state index is 12.4. The van der Waals surface area contributed by atoms with Crippen LogP contribution in [-0.4, -0.2) is 14.5 Å². The molecule has 1 aliphatic carbocycles. The molecule has 19 heavy (non-hydrogen) atoms. The van der Waals surface area contributed by atoms with Gasteiger partial charge in [-0.2, -0.15) is 0 Å². The Kier molecular flexibility index (Phi) is 3.82. The van der Waals surface area contributed by atoms with Gasteiger partial charge in [0.05, 0.1) is 10.7 Å². The van der Waals surface area contributed by atoms with Crippen LogP contribution in [0.15, 0.2) is 23.1 Å². The standard InChI is InChI=1S/C13H19ClN2O2S/c1-13(2)7-6-9(8-13)16-19(17,18)12-10(14)4-3-5-11(12)15/h3-5,9,16H,6-8,15H2,1-2H3. The molecule has 3 N–H and O–H groups in total. The van der Waals surface area contributed by atoms with Gasteiger partial charge in [-0.3, -0.25) is 0 Å². The van der Waals surface area contributed by atoms with E-state index < -0.39 is 10.0 Å². The quantitative estimate of drug-likeness (QED) is 0.843. The van der Waals surface area contributed by atoms with Crippen LogP contribution in [0.5, 0.6) is 0 Å². The number of benzene rings is 1. The van der Waals surface area contributed by atoms with Crippen LogP contribution >= 0.6 is 11.6 Å². The summed E-state index contributed by atoms with van der Waals surface area (Å²) in [5.74, 6) is 0. The SMILES string of the molecule is CC1(C)CCC(NS(=O)(=O)c2c(N)cccc2Cl)C1. The van der Waals surface area contributed by atoms with Crippen LogP contribution in [-0.2, 0) is 10.0 Å². The van der Waals surface area contributed by atoms with E-state index in [2.05, 4.69) is 18.6 Å². The summed E-state index contributed by atoms with van der Waals surface area (Å²) in [6, 6.07) is 4.66. The molecular formula is C13H19ClN2O2S. The zero-order chi connectivity index (χ0) is 14.3. The maximum atomic E-state index is 12.4. The molecule has 4 nitrogen and oxygen atoms in total. The van der Waals surface area contributed by atoms with Crippen molar-refractivity contribution in [3.8, 4) is 0 Å². The Morgan fingerprint density at radius 2 is 2.11 bits per heavy atom. The number of nitrogens with two attached hydrogens (primary N) is 1. The molecular weight excluding hydrogens is 284 g/mol. The molecule has 1 atom stereocenters. The van der Waals surface area contributed by atoms with Crippen molar-refractivity contribution in [3.05, 3.63) is 23.2 Å². The fourth-order valence-electron chi connectivity index (χ4n) is 2.62. The van der Waals surface area contributed by atoms with Gasteiger partial charge in [0, 0.05) is 6.04 Å². The van der Waals surface area contributed by atoms with Crippen LogP contribution in [0.4, 0.5) is 5.69 Å². The first-order valence-corrected chi connectivity index (χ1v) is 8.14. The molecule has 1 aromatic carbocycles. The van der Waals surface area contributed by atoms with Gasteiger partial charge in [0.25, 0.3) is 0 Å². The first kappa shape index (κ1) is 14.6. The lowest BCUT2D eigenvalue weighted by atomic mass is 9.92. The molecule has 6 heteroatoms. The number of sulfonamides is 1. The Bertz CT molecular complexity index is 564. The molecule has 106 valence electrons. The fourth-order valence-corrected chi connectivity index (χ4v) is 4.57. The number of hydrogen-bond acceptors (Lipinski definition) is 3. The topological polar surface area (TPSA) is 72.2 Å². The van der Waals surface area contributed by atoms with Crippen LogP contribution in [0.3, 0.4) is 0 Å². The number of hydrogen-bond donors (Lipinski definition) is 2. The first-order chi connectivity index (χ1) is 8.71. The zero-order valence-electron chi connectivity index (χ0n) is 11.1. The van der Waals surface area contributed by atoms with Crippen molar-refractivity contribution in [2.45, 2.75) is 44.0 Å². The first-order valence-electron chi connectivity index (χ1n) is 6.28. The summed E-state index contributed by atoms with van der Waals surface area (Å²) in [6.07, 6.45) is 2.69. The Morgan fingerprint density at radius 3 is 2.63 bits per heavy atom. The normalized spacial score (nSPS) is 22.6. The lowest BCUT2D eigenvalue weighted by molar-refractivity contribution is 0.372. The van der Waals surface area contributed by atoms with Gasteiger partial charge < -0.3 is 5.73 Å². The molecule has 1 fully saturated rings. The predicted octanol–water partition coefficient (Wildman–Crippen LogP) is 2.78. The van der Waals surface area contributed by atoms with Gasteiger partial charge in [0.2, 0.25) is 10.0 Å².